The van der Waals surface area contributed by atoms with Crippen LogP contribution in [-0.4, -0.2) is 18.9 Å². The Balaban J connectivity index is 1.75. The summed E-state index contributed by atoms with van der Waals surface area (Å²) >= 11 is 1.40. The van der Waals surface area contributed by atoms with Crippen LogP contribution >= 0.6 is 11.3 Å². The zero-order chi connectivity index (χ0) is 26.1. The molecule has 8 nitrogen and oxygen atoms in total. The Morgan fingerprint density at radius 2 is 1.65 bits per heavy atom. The van der Waals surface area contributed by atoms with Crippen LogP contribution < -0.4 is 10.4 Å². The first-order valence-corrected chi connectivity index (χ1v) is 12.6. The molecule has 3 aromatic carbocycles. The Labute approximate surface area is 217 Å². The Morgan fingerprint density at radius 3 is 2.32 bits per heavy atom. The standard InChI is InChI=1S/C28H25N5O3S/c1-19(21-11-6-4-7-12-21)31-25(22-13-10-16-24(17-22)33(35)36)18-37-28(31)29-26-20(2)30(3)32(27(26)34)23-14-8-5-9-15-23/h4-19H,1-3H3. The summed E-state index contributed by atoms with van der Waals surface area (Å²) in [6.07, 6.45) is 0. The van der Waals surface area contributed by atoms with E-state index < -0.39 is 4.92 Å². The second-order valence-corrected chi connectivity index (χ2v) is 9.53. The number of para-hydroxylation sites is 1. The number of rotatable bonds is 6. The van der Waals surface area contributed by atoms with Crippen molar-refractivity contribution in [3.05, 3.63) is 127 Å². The Bertz CT molecular complexity index is 1710. The highest BCUT2D eigenvalue weighted by Crippen LogP contribution is 2.29. The minimum Gasteiger partial charge on any atom is -0.309 e. The smallest absolute Gasteiger partial charge is 0.297 e. The van der Waals surface area contributed by atoms with Gasteiger partial charge in [0, 0.05) is 30.1 Å². The van der Waals surface area contributed by atoms with E-state index in [9.17, 15) is 14.9 Å². The van der Waals surface area contributed by atoms with Crippen LogP contribution in [0.15, 0.2) is 100 Å². The van der Waals surface area contributed by atoms with Gasteiger partial charge in [0.05, 0.1) is 28.0 Å². The van der Waals surface area contributed by atoms with Crippen LogP contribution in [0.4, 0.5) is 11.4 Å². The van der Waals surface area contributed by atoms with Crippen LogP contribution in [0.25, 0.3) is 16.9 Å². The summed E-state index contributed by atoms with van der Waals surface area (Å²) in [5.74, 6) is 0. The Hall–Kier alpha value is -4.50. The third-order valence-corrected chi connectivity index (χ3v) is 7.33. The number of non-ortho nitro benzene ring substituents is 1. The predicted octanol–water partition coefficient (Wildman–Crippen LogP) is 5.76. The van der Waals surface area contributed by atoms with Crippen molar-refractivity contribution in [1.29, 1.82) is 0 Å². The molecular weight excluding hydrogens is 486 g/mol. The van der Waals surface area contributed by atoms with Crippen molar-refractivity contribution in [2.24, 2.45) is 12.0 Å². The summed E-state index contributed by atoms with van der Waals surface area (Å²) in [4.78, 5) is 30.1. The van der Waals surface area contributed by atoms with Crippen molar-refractivity contribution in [2.45, 2.75) is 19.9 Å². The molecule has 0 saturated heterocycles. The minimum atomic E-state index is -0.397. The van der Waals surface area contributed by atoms with Gasteiger partial charge in [-0.05, 0) is 31.5 Å². The monoisotopic (exact) mass is 511 g/mol. The second kappa shape index (κ2) is 9.87. The quantitative estimate of drug-likeness (QED) is 0.214. The molecule has 0 fully saturated rings. The highest BCUT2D eigenvalue weighted by Gasteiger charge is 2.20. The van der Waals surface area contributed by atoms with Gasteiger partial charge in [0.1, 0.15) is 0 Å². The number of nitro benzene ring substituents is 1. The van der Waals surface area contributed by atoms with Crippen LogP contribution in [0.5, 0.6) is 0 Å². The van der Waals surface area contributed by atoms with Gasteiger partial charge in [-0.3, -0.25) is 19.6 Å². The minimum absolute atomic E-state index is 0.0192. The van der Waals surface area contributed by atoms with Crippen LogP contribution in [0.2, 0.25) is 0 Å². The molecule has 0 aliphatic carbocycles. The summed E-state index contributed by atoms with van der Waals surface area (Å²) in [5, 5.41) is 13.4. The van der Waals surface area contributed by atoms with Gasteiger partial charge in [-0.15, -0.1) is 11.3 Å². The van der Waals surface area contributed by atoms with Crippen molar-refractivity contribution in [2.75, 3.05) is 0 Å². The summed E-state index contributed by atoms with van der Waals surface area (Å²) in [7, 11) is 1.84. The fourth-order valence-corrected chi connectivity index (χ4v) is 5.41. The number of benzene rings is 3. The van der Waals surface area contributed by atoms with Crippen LogP contribution in [-0.2, 0) is 7.05 Å². The number of nitrogens with zero attached hydrogens (tertiary/aromatic N) is 5. The van der Waals surface area contributed by atoms with Gasteiger partial charge in [0.2, 0.25) is 0 Å². The molecule has 1 atom stereocenters. The molecule has 0 spiro atoms. The average molecular weight is 512 g/mol. The van der Waals surface area contributed by atoms with Crippen molar-refractivity contribution in [1.82, 2.24) is 13.9 Å². The van der Waals surface area contributed by atoms with Crippen LogP contribution in [0, 0.1) is 17.0 Å². The van der Waals surface area contributed by atoms with Gasteiger partial charge in [-0.1, -0.05) is 60.7 Å². The molecule has 0 saturated carbocycles. The van der Waals surface area contributed by atoms with E-state index in [-0.39, 0.29) is 17.3 Å². The van der Waals surface area contributed by atoms with Gasteiger partial charge >= 0.3 is 0 Å². The van der Waals surface area contributed by atoms with Gasteiger partial charge in [0.15, 0.2) is 10.5 Å². The highest BCUT2D eigenvalue weighted by atomic mass is 32.1. The fraction of sp³-hybridized carbons (Fsp3) is 0.143. The lowest BCUT2D eigenvalue weighted by Crippen LogP contribution is -2.22. The lowest BCUT2D eigenvalue weighted by Gasteiger charge is -2.18. The third-order valence-electron chi connectivity index (χ3n) is 6.49. The molecule has 0 aliphatic heterocycles. The van der Waals surface area contributed by atoms with E-state index in [1.54, 1.807) is 21.5 Å². The molecule has 2 heterocycles. The predicted molar refractivity (Wildman–Crippen MR) is 146 cm³/mol. The topological polar surface area (TPSA) is 87.4 Å². The molecule has 5 aromatic rings. The van der Waals surface area contributed by atoms with Gasteiger partial charge in [-0.25, -0.2) is 9.67 Å². The van der Waals surface area contributed by atoms with Crippen molar-refractivity contribution in [3.63, 3.8) is 0 Å². The number of hydrogen-bond donors (Lipinski definition) is 0. The van der Waals surface area contributed by atoms with E-state index in [2.05, 4.69) is 6.92 Å². The third kappa shape index (κ3) is 4.45. The molecule has 0 amide bonds. The summed E-state index contributed by atoms with van der Waals surface area (Å²) in [6, 6.07) is 25.9. The van der Waals surface area contributed by atoms with E-state index in [4.69, 9.17) is 4.99 Å². The van der Waals surface area contributed by atoms with Gasteiger partial charge < -0.3 is 4.57 Å². The van der Waals surface area contributed by atoms with Crippen LogP contribution in [0.3, 0.4) is 0 Å². The van der Waals surface area contributed by atoms with Crippen molar-refractivity contribution < 1.29 is 4.92 Å². The highest BCUT2D eigenvalue weighted by molar-refractivity contribution is 7.07. The molecule has 37 heavy (non-hydrogen) atoms. The summed E-state index contributed by atoms with van der Waals surface area (Å²) in [6.45, 7) is 3.93. The molecule has 0 N–H and O–H groups in total. The van der Waals surface area contributed by atoms with E-state index in [1.807, 2.05) is 90.6 Å². The Morgan fingerprint density at radius 1 is 0.973 bits per heavy atom. The molecule has 2 aromatic heterocycles. The van der Waals surface area contributed by atoms with E-state index in [0.717, 1.165) is 22.6 Å². The zero-order valence-corrected chi connectivity index (χ0v) is 21.4. The largest absolute Gasteiger partial charge is 0.309 e. The van der Waals surface area contributed by atoms with Crippen molar-refractivity contribution in [3.8, 4) is 16.9 Å². The molecule has 9 heteroatoms. The molecule has 5 rings (SSSR count). The molecule has 186 valence electrons. The molecular formula is C28H25N5O3S. The Kier molecular flexibility index (Phi) is 6.45. The summed E-state index contributed by atoms with van der Waals surface area (Å²) < 4.78 is 5.45. The number of hydrogen-bond acceptors (Lipinski definition) is 5. The van der Waals surface area contributed by atoms with Gasteiger partial charge in [0.25, 0.3) is 11.2 Å². The van der Waals surface area contributed by atoms with Gasteiger partial charge in [-0.2, -0.15) is 0 Å². The van der Waals surface area contributed by atoms with Crippen molar-refractivity contribution >= 4 is 22.7 Å². The first kappa shape index (κ1) is 24.2. The lowest BCUT2D eigenvalue weighted by molar-refractivity contribution is -0.384. The first-order valence-electron chi connectivity index (χ1n) is 11.8. The molecule has 0 aliphatic rings. The average Bonchev–Trinajstić information content (AvgIpc) is 3.43. The maximum atomic E-state index is 13.5. The number of aromatic nitrogens is 3. The van der Waals surface area contributed by atoms with E-state index >= 15 is 0 Å². The summed E-state index contributed by atoms with van der Waals surface area (Å²) in [5.41, 5.74) is 4.21. The lowest BCUT2D eigenvalue weighted by atomic mass is 10.1. The maximum absolute atomic E-state index is 13.5. The molecule has 0 bridgehead atoms. The molecule has 1 unspecified atom stereocenters. The normalized spacial score (nSPS) is 12.6. The van der Waals surface area contributed by atoms with E-state index in [0.29, 0.717) is 16.1 Å². The second-order valence-electron chi connectivity index (χ2n) is 8.69. The zero-order valence-electron chi connectivity index (χ0n) is 20.6. The van der Waals surface area contributed by atoms with E-state index in [1.165, 1.54) is 17.4 Å². The van der Waals surface area contributed by atoms with Crippen LogP contribution in [0.1, 0.15) is 24.2 Å². The fourth-order valence-electron chi connectivity index (χ4n) is 4.42. The first-order chi connectivity index (χ1) is 17.9. The SMILES string of the molecule is Cc1c(N=c2scc(-c3cccc([N+](=O)[O-])c3)n2C(C)c2ccccc2)c(=O)n(-c2ccccc2)n1C. The maximum Gasteiger partial charge on any atom is 0.297 e. The number of thiazole rings is 1. The number of nitro groups is 1. The molecule has 0 radical (unpaired) electrons.